The normalized spacial score (nSPS) is 20.4. The summed E-state index contributed by atoms with van der Waals surface area (Å²) in [5, 5.41) is 4.39. The fourth-order valence-corrected chi connectivity index (χ4v) is 3.51. The van der Waals surface area contributed by atoms with Crippen LogP contribution in [0.1, 0.15) is 30.1 Å². The molecule has 1 aromatic carbocycles. The van der Waals surface area contributed by atoms with Crippen LogP contribution in [0.3, 0.4) is 0 Å². The van der Waals surface area contributed by atoms with Crippen LogP contribution in [0.4, 0.5) is 10.5 Å². The maximum absolute atomic E-state index is 12.9. The van der Waals surface area contributed by atoms with E-state index in [2.05, 4.69) is 5.32 Å². The number of imide groups is 1. The van der Waals surface area contributed by atoms with E-state index in [9.17, 15) is 24.0 Å². The lowest BCUT2D eigenvalue weighted by molar-refractivity contribution is -0.159. The molecule has 2 aliphatic heterocycles. The molecule has 1 saturated heterocycles. The predicted molar refractivity (Wildman–Crippen MR) is 96.2 cm³/mol. The van der Waals surface area contributed by atoms with Crippen LogP contribution in [-0.2, 0) is 19.1 Å². The highest BCUT2D eigenvalue weighted by Crippen LogP contribution is 2.44. The largest absolute Gasteiger partial charge is 0.452 e. The van der Waals surface area contributed by atoms with Gasteiger partial charge in [0.15, 0.2) is 6.61 Å². The molecule has 0 saturated carbocycles. The summed E-state index contributed by atoms with van der Waals surface area (Å²) in [5.41, 5.74) is -1.02. The Morgan fingerprint density at radius 1 is 1.21 bits per heavy atom. The van der Waals surface area contributed by atoms with E-state index in [0.29, 0.717) is 17.8 Å². The summed E-state index contributed by atoms with van der Waals surface area (Å²) in [5.74, 6) is -2.48. The predicted octanol–water partition coefficient (Wildman–Crippen LogP) is -0.0158. The Kier molecular flexibility index (Phi) is 5.04. The molecule has 5 amide bonds. The van der Waals surface area contributed by atoms with Crippen LogP contribution in [0.15, 0.2) is 24.3 Å². The average molecular weight is 388 g/mol. The highest BCUT2D eigenvalue weighted by Gasteiger charge is 2.60. The van der Waals surface area contributed by atoms with E-state index in [1.165, 1.54) is 16.8 Å². The van der Waals surface area contributed by atoms with Gasteiger partial charge in [0.05, 0.1) is 11.3 Å². The van der Waals surface area contributed by atoms with Gasteiger partial charge in [-0.25, -0.2) is 9.59 Å². The van der Waals surface area contributed by atoms with Crippen LogP contribution in [0, 0.1) is 0 Å². The molecule has 10 heteroatoms. The minimum Gasteiger partial charge on any atom is -0.452 e. The third kappa shape index (κ3) is 2.96. The maximum Gasteiger partial charge on any atom is 0.354 e. The Balaban J connectivity index is 1.84. The molecule has 1 aromatic rings. The molecule has 0 unspecified atom stereocenters. The number of para-hydroxylation sites is 1. The number of nitrogens with zero attached hydrogens (tertiary/aromatic N) is 2. The second kappa shape index (κ2) is 7.29. The summed E-state index contributed by atoms with van der Waals surface area (Å²) in [7, 11) is 1.42. The van der Waals surface area contributed by atoms with Gasteiger partial charge in [-0.2, -0.15) is 0 Å². The summed E-state index contributed by atoms with van der Waals surface area (Å²) < 4.78 is 5.09. The molecule has 0 spiro atoms. The van der Waals surface area contributed by atoms with Crippen LogP contribution < -0.4 is 15.5 Å². The van der Waals surface area contributed by atoms with Gasteiger partial charge in [-0.1, -0.05) is 12.1 Å². The molecule has 0 aliphatic carbocycles. The smallest absolute Gasteiger partial charge is 0.354 e. The van der Waals surface area contributed by atoms with Crippen LogP contribution in [-0.4, -0.2) is 60.5 Å². The zero-order chi connectivity index (χ0) is 20.5. The second-order valence-electron chi connectivity index (χ2n) is 6.41. The summed E-state index contributed by atoms with van der Waals surface area (Å²) in [6.45, 7) is 1.29. The number of nitrogens with one attached hydrogen (secondary N) is 2. The van der Waals surface area contributed by atoms with Gasteiger partial charge in [-0.05, 0) is 19.1 Å². The monoisotopic (exact) mass is 388 g/mol. The minimum absolute atomic E-state index is 0.0409. The number of benzene rings is 1. The van der Waals surface area contributed by atoms with Crippen molar-refractivity contribution in [1.82, 2.24) is 15.5 Å². The number of hydrogen-bond acceptors (Lipinski definition) is 6. The Morgan fingerprint density at radius 2 is 1.93 bits per heavy atom. The number of ether oxygens (including phenoxy) is 1. The number of urea groups is 1. The van der Waals surface area contributed by atoms with E-state index in [4.69, 9.17) is 4.74 Å². The fourth-order valence-electron chi connectivity index (χ4n) is 3.51. The number of rotatable bonds is 4. The number of likely N-dealkylation sites (N-methyl/N-ethyl adjacent to an activating group) is 1. The lowest BCUT2D eigenvalue weighted by atomic mass is 9.97. The van der Waals surface area contributed by atoms with Gasteiger partial charge in [0, 0.05) is 26.4 Å². The molecule has 2 aliphatic rings. The Morgan fingerprint density at radius 3 is 2.64 bits per heavy atom. The van der Waals surface area contributed by atoms with E-state index in [0.717, 1.165) is 0 Å². The summed E-state index contributed by atoms with van der Waals surface area (Å²) >= 11 is 0. The van der Waals surface area contributed by atoms with Crippen molar-refractivity contribution < 1.29 is 28.7 Å². The first-order chi connectivity index (χ1) is 13.3. The summed E-state index contributed by atoms with van der Waals surface area (Å²) in [4.78, 5) is 63.9. The lowest BCUT2D eigenvalue weighted by Gasteiger charge is -2.46. The van der Waals surface area contributed by atoms with Crippen molar-refractivity contribution in [3.8, 4) is 0 Å². The van der Waals surface area contributed by atoms with Crippen molar-refractivity contribution >= 4 is 35.4 Å². The van der Waals surface area contributed by atoms with Crippen molar-refractivity contribution in [3.05, 3.63) is 29.8 Å². The van der Waals surface area contributed by atoms with Crippen LogP contribution in [0.25, 0.3) is 0 Å². The zero-order valence-corrected chi connectivity index (χ0v) is 15.5. The van der Waals surface area contributed by atoms with Crippen LogP contribution in [0.5, 0.6) is 0 Å². The number of carbonyl (C=O) groups is 5. The number of carbonyl (C=O) groups excluding carboxylic acids is 5. The maximum atomic E-state index is 12.9. The molecule has 0 radical (unpaired) electrons. The van der Waals surface area contributed by atoms with Gasteiger partial charge in [-0.15, -0.1) is 0 Å². The molecule has 10 nitrogen and oxygen atoms in total. The SMILES string of the molecule is CCNC(=O)NC(=O)COC(=O)[C@@]12CCC(=O)N1c1ccccc1C(=O)N2C. The quantitative estimate of drug-likeness (QED) is 0.699. The first-order valence-electron chi connectivity index (χ1n) is 8.78. The first-order valence-corrected chi connectivity index (χ1v) is 8.78. The number of amides is 5. The highest BCUT2D eigenvalue weighted by molar-refractivity contribution is 6.15. The molecule has 2 heterocycles. The second-order valence-corrected chi connectivity index (χ2v) is 6.41. The number of hydrogen-bond donors (Lipinski definition) is 2. The zero-order valence-electron chi connectivity index (χ0n) is 15.5. The van der Waals surface area contributed by atoms with Crippen molar-refractivity contribution in [2.75, 3.05) is 25.1 Å². The van der Waals surface area contributed by atoms with E-state index < -0.39 is 36.1 Å². The van der Waals surface area contributed by atoms with Crippen molar-refractivity contribution in [2.24, 2.45) is 0 Å². The van der Waals surface area contributed by atoms with Gasteiger partial charge >= 0.3 is 12.0 Å². The summed E-state index contributed by atoms with van der Waals surface area (Å²) in [6, 6.07) is 5.79. The summed E-state index contributed by atoms with van der Waals surface area (Å²) in [6.07, 6.45) is 0.0886. The topological polar surface area (TPSA) is 125 Å². The molecule has 1 fully saturated rings. The number of esters is 1. The molecule has 1 atom stereocenters. The molecular formula is C18H20N4O6. The molecule has 0 bridgehead atoms. The molecule has 28 heavy (non-hydrogen) atoms. The average Bonchev–Trinajstić information content (AvgIpc) is 3.03. The fraction of sp³-hybridized carbons (Fsp3) is 0.389. The van der Waals surface area contributed by atoms with E-state index >= 15 is 0 Å². The van der Waals surface area contributed by atoms with E-state index in [1.54, 1.807) is 31.2 Å². The molecular weight excluding hydrogens is 368 g/mol. The molecule has 0 aromatic heterocycles. The standard InChI is InChI=1S/C18H20N4O6/c1-3-19-17(27)20-13(23)10-28-16(26)18-9-8-14(24)22(18)12-7-5-4-6-11(12)15(25)21(18)2/h4-7H,3,8-10H2,1-2H3,(H2,19,20,23,27)/t18-/m1/s1. The van der Waals surface area contributed by atoms with Crippen molar-refractivity contribution in [3.63, 3.8) is 0 Å². The third-order valence-electron chi connectivity index (χ3n) is 4.79. The highest BCUT2D eigenvalue weighted by atomic mass is 16.5. The molecule has 148 valence electrons. The van der Waals surface area contributed by atoms with Crippen molar-refractivity contribution in [1.29, 1.82) is 0 Å². The van der Waals surface area contributed by atoms with E-state index in [1.807, 2.05) is 5.32 Å². The molecule has 2 N–H and O–H groups in total. The number of fused-ring (bicyclic) bond motifs is 3. The lowest BCUT2D eigenvalue weighted by Crippen LogP contribution is -2.67. The van der Waals surface area contributed by atoms with Gasteiger partial charge in [0.2, 0.25) is 11.6 Å². The van der Waals surface area contributed by atoms with Gasteiger partial charge < -0.3 is 15.0 Å². The van der Waals surface area contributed by atoms with Gasteiger partial charge in [-0.3, -0.25) is 24.6 Å². The Hall–Kier alpha value is -3.43. The van der Waals surface area contributed by atoms with Gasteiger partial charge in [0.25, 0.3) is 11.8 Å². The Bertz CT molecular complexity index is 869. The van der Waals surface area contributed by atoms with Crippen LogP contribution in [0.2, 0.25) is 0 Å². The number of anilines is 1. The van der Waals surface area contributed by atoms with Crippen molar-refractivity contribution in [2.45, 2.75) is 25.4 Å². The minimum atomic E-state index is -1.66. The third-order valence-corrected chi connectivity index (χ3v) is 4.79. The Labute approximate surface area is 160 Å². The van der Waals surface area contributed by atoms with Crippen LogP contribution >= 0.6 is 0 Å². The van der Waals surface area contributed by atoms with Gasteiger partial charge in [0.1, 0.15) is 0 Å². The molecule has 3 rings (SSSR count). The first kappa shape index (κ1) is 19.3. The van der Waals surface area contributed by atoms with E-state index in [-0.39, 0.29) is 18.7 Å².